The predicted molar refractivity (Wildman–Crippen MR) is 74.9 cm³/mol. The predicted octanol–water partition coefficient (Wildman–Crippen LogP) is 1.20. The van der Waals surface area contributed by atoms with Crippen LogP contribution in [0, 0.1) is 0 Å². The van der Waals surface area contributed by atoms with Gasteiger partial charge in [-0.3, -0.25) is 4.79 Å². The van der Waals surface area contributed by atoms with Gasteiger partial charge in [-0.1, -0.05) is 24.3 Å². The third-order valence-corrected chi connectivity index (χ3v) is 3.46. The standard InChI is InChI=1S/C15H22N2O2/c1-19-10-4-8-16-11-15(18)17-9-7-13-5-2-3-6-14(13)12-17/h2-3,5-6,16H,4,7-12H2,1H3. The second-order valence-corrected chi connectivity index (χ2v) is 4.86. The summed E-state index contributed by atoms with van der Waals surface area (Å²) >= 11 is 0. The van der Waals surface area contributed by atoms with Gasteiger partial charge in [0, 0.05) is 26.8 Å². The van der Waals surface area contributed by atoms with Gasteiger partial charge < -0.3 is 15.0 Å². The van der Waals surface area contributed by atoms with Crippen molar-refractivity contribution in [3.05, 3.63) is 35.4 Å². The second-order valence-electron chi connectivity index (χ2n) is 4.86. The summed E-state index contributed by atoms with van der Waals surface area (Å²) in [5.74, 6) is 0.187. The smallest absolute Gasteiger partial charge is 0.236 e. The molecule has 4 heteroatoms. The summed E-state index contributed by atoms with van der Waals surface area (Å²) in [6.45, 7) is 3.55. The summed E-state index contributed by atoms with van der Waals surface area (Å²) in [5.41, 5.74) is 2.65. The largest absolute Gasteiger partial charge is 0.385 e. The maximum Gasteiger partial charge on any atom is 0.236 e. The summed E-state index contributed by atoms with van der Waals surface area (Å²) < 4.78 is 4.97. The molecule has 104 valence electrons. The number of amides is 1. The normalized spacial score (nSPS) is 14.3. The van der Waals surface area contributed by atoms with Gasteiger partial charge >= 0.3 is 0 Å². The third-order valence-electron chi connectivity index (χ3n) is 3.46. The highest BCUT2D eigenvalue weighted by Gasteiger charge is 2.19. The molecule has 0 aliphatic carbocycles. The maximum absolute atomic E-state index is 12.1. The molecule has 1 aromatic carbocycles. The third kappa shape index (κ3) is 4.04. The first-order valence-electron chi connectivity index (χ1n) is 6.85. The van der Waals surface area contributed by atoms with Gasteiger partial charge in [0.05, 0.1) is 6.54 Å². The van der Waals surface area contributed by atoms with Crippen LogP contribution in [0.15, 0.2) is 24.3 Å². The van der Waals surface area contributed by atoms with Gasteiger partial charge in [0.15, 0.2) is 0 Å². The average molecular weight is 262 g/mol. The van der Waals surface area contributed by atoms with Crippen molar-refractivity contribution in [3.63, 3.8) is 0 Å². The van der Waals surface area contributed by atoms with Crippen molar-refractivity contribution < 1.29 is 9.53 Å². The van der Waals surface area contributed by atoms with E-state index in [0.29, 0.717) is 6.54 Å². The lowest BCUT2D eigenvalue weighted by atomic mass is 10.00. The number of carbonyl (C=O) groups is 1. The molecule has 19 heavy (non-hydrogen) atoms. The summed E-state index contributed by atoms with van der Waals surface area (Å²) in [4.78, 5) is 14.0. The molecule has 0 radical (unpaired) electrons. The number of carbonyl (C=O) groups excluding carboxylic acids is 1. The van der Waals surface area contributed by atoms with Crippen LogP contribution in [-0.2, 0) is 22.5 Å². The van der Waals surface area contributed by atoms with Crippen molar-refractivity contribution in [2.75, 3.05) is 33.4 Å². The Kier molecular flexibility index (Phi) is 5.36. The van der Waals surface area contributed by atoms with Crippen molar-refractivity contribution in [2.45, 2.75) is 19.4 Å². The van der Waals surface area contributed by atoms with Crippen LogP contribution in [0.3, 0.4) is 0 Å². The fourth-order valence-corrected chi connectivity index (χ4v) is 2.36. The van der Waals surface area contributed by atoms with E-state index in [2.05, 4.69) is 23.5 Å². The van der Waals surface area contributed by atoms with E-state index < -0.39 is 0 Å². The van der Waals surface area contributed by atoms with E-state index in [1.807, 2.05) is 11.0 Å². The van der Waals surface area contributed by atoms with Crippen molar-refractivity contribution in [2.24, 2.45) is 0 Å². The number of methoxy groups -OCH3 is 1. The number of hydrogen-bond acceptors (Lipinski definition) is 3. The van der Waals surface area contributed by atoms with Crippen LogP contribution in [0.25, 0.3) is 0 Å². The highest BCUT2D eigenvalue weighted by Crippen LogP contribution is 2.18. The minimum absolute atomic E-state index is 0.187. The molecule has 0 saturated heterocycles. The molecule has 1 aliphatic heterocycles. The molecular weight excluding hydrogens is 240 g/mol. The Morgan fingerprint density at radius 2 is 2.16 bits per heavy atom. The lowest BCUT2D eigenvalue weighted by Gasteiger charge is -2.29. The van der Waals surface area contributed by atoms with E-state index >= 15 is 0 Å². The molecule has 0 fully saturated rings. The van der Waals surface area contributed by atoms with Gasteiger partial charge in [-0.05, 0) is 30.5 Å². The van der Waals surface area contributed by atoms with E-state index in [-0.39, 0.29) is 5.91 Å². The van der Waals surface area contributed by atoms with Gasteiger partial charge in [-0.25, -0.2) is 0 Å². The number of hydrogen-bond donors (Lipinski definition) is 1. The number of fused-ring (bicyclic) bond motifs is 1. The monoisotopic (exact) mass is 262 g/mol. The van der Waals surface area contributed by atoms with Crippen molar-refractivity contribution in [1.82, 2.24) is 10.2 Å². The zero-order chi connectivity index (χ0) is 13.5. The number of rotatable bonds is 6. The minimum atomic E-state index is 0.187. The Hall–Kier alpha value is -1.39. The van der Waals surface area contributed by atoms with Gasteiger partial charge in [-0.15, -0.1) is 0 Å². The quantitative estimate of drug-likeness (QED) is 0.783. The van der Waals surface area contributed by atoms with Crippen LogP contribution in [0.5, 0.6) is 0 Å². The Bertz CT molecular complexity index is 420. The number of benzene rings is 1. The number of ether oxygens (including phenoxy) is 1. The van der Waals surface area contributed by atoms with Gasteiger partial charge in [-0.2, -0.15) is 0 Å². The molecule has 2 rings (SSSR count). The topological polar surface area (TPSA) is 41.6 Å². The van der Waals surface area contributed by atoms with Crippen molar-refractivity contribution in [3.8, 4) is 0 Å². The average Bonchev–Trinajstić information content (AvgIpc) is 2.46. The van der Waals surface area contributed by atoms with Crippen LogP contribution in [0.1, 0.15) is 17.5 Å². The molecule has 0 aromatic heterocycles. The lowest BCUT2D eigenvalue weighted by Crippen LogP contribution is -2.41. The molecule has 0 atom stereocenters. The van der Waals surface area contributed by atoms with E-state index in [9.17, 15) is 4.79 Å². The minimum Gasteiger partial charge on any atom is -0.385 e. The van der Waals surface area contributed by atoms with E-state index in [4.69, 9.17) is 4.74 Å². The van der Waals surface area contributed by atoms with Gasteiger partial charge in [0.1, 0.15) is 0 Å². The lowest BCUT2D eigenvalue weighted by molar-refractivity contribution is -0.131. The highest BCUT2D eigenvalue weighted by molar-refractivity contribution is 5.78. The summed E-state index contributed by atoms with van der Waals surface area (Å²) in [6, 6.07) is 8.37. The molecule has 1 amide bonds. The first kappa shape index (κ1) is 14.0. The van der Waals surface area contributed by atoms with E-state index in [0.717, 1.165) is 39.1 Å². The Balaban J connectivity index is 1.76. The molecule has 1 aliphatic rings. The fourth-order valence-electron chi connectivity index (χ4n) is 2.36. The van der Waals surface area contributed by atoms with Crippen LogP contribution in [0.2, 0.25) is 0 Å². The molecule has 0 saturated carbocycles. The van der Waals surface area contributed by atoms with Gasteiger partial charge in [0.2, 0.25) is 5.91 Å². The summed E-state index contributed by atoms with van der Waals surface area (Å²) in [6.07, 6.45) is 1.90. The molecular formula is C15H22N2O2. The van der Waals surface area contributed by atoms with Crippen molar-refractivity contribution >= 4 is 5.91 Å². The molecule has 0 unspecified atom stereocenters. The van der Waals surface area contributed by atoms with Gasteiger partial charge in [0.25, 0.3) is 0 Å². The first-order chi connectivity index (χ1) is 9.31. The first-order valence-corrected chi connectivity index (χ1v) is 6.85. The van der Waals surface area contributed by atoms with Crippen LogP contribution in [0.4, 0.5) is 0 Å². The van der Waals surface area contributed by atoms with Crippen LogP contribution < -0.4 is 5.32 Å². The summed E-state index contributed by atoms with van der Waals surface area (Å²) in [7, 11) is 1.69. The molecule has 1 heterocycles. The Labute approximate surface area is 114 Å². The number of nitrogens with zero attached hydrogens (tertiary/aromatic N) is 1. The van der Waals surface area contributed by atoms with Crippen molar-refractivity contribution in [1.29, 1.82) is 0 Å². The SMILES string of the molecule is COCCCNCC(=O)N1CCc2ccccc2C1. The maximum atomic E-state index is 12.1. The van der Waals surface area contributed by atoms with E-state index in [1.54, 1.807) is 7.11 Å². The second kappa shape index (κ2) is 7.26. The molecule has 4 nitrogen and oxygen atoms in total. The molecule has 0 bridgehead atoms. The summed E-state index contributed by atoms with van der Waals surface area (Å²) in [5, 5.41) is 3.17. The highest BCUT2D eigenvalue weighted by atomic mass is 16.5. The zero-order valence-electron chi connectivity index (χ0n) is 11.5. The van der Waals surface area contributed by atoms with E-state index in [1.165, 1.54) is 11.1 Å². The molecule has 0 spiro atoms. The molecule has 1 aromatic rings. The van der Waals surface area contributed by atoms with Crippen LogP contribution in [-0.4, -0.2) is 44.2 Å². The zero-order valence-corrected chi connectivity index (χ0v) is 11.5. The Morgan fingerprint density at radius 1 is 1.37 bits per heavy atom. The fraction of sp³-hybridized carbons (Fsp3) is 0.533. The van der Waals surface area contributed by atoms with Crippen LogP contribution >= 0.6 is 0 Å². The molecule has 1 N–H and O–H groups in total. The Morgan fingerprint density at radius 3 is 2.95 bits per heavy atom. The number of nitrogens with one attached hydrogen (secondary N) is 1.